The number of esters is 1. The van der Waals surface area contributed by atoms with Crippen LogP contribution in [0, 0.1) is 26.6 Å². The predicted molar refractivity (Wildman–Crippen MR) is 135 cm³/mol. The molecule has 37 heavy (non-hydrogen) atoms. The number of aryl methyl sites for hydroxylation is 2. The Bertz CT molecular complexity index is 1470. The zero-order chi connectivity index (χ0) is 26.9. The van der Waals surface area contributed by atoms with E-state index in [1.54, 1.807) is 18.2 Å². The van der Waals surface area contributed by atoms with Crippen LogP contribution >= 0.6 is 0 Å². The summed E-state index contributed by atoms with van der Waals surface area (Å²) in [6.45, 7) is 5.07. The number of aromatic nitrogens is 1. The lowest BCUT2D eigenvalue weighted by molar-refractivity contribution is -0.127. The third-order valence-corrected chi connectivity index (χ3v) is 6.05. The molecule has 1 fully saturated rings. The molecule has 9 nitrogen and oxygen atoms in total. The normalized spacial score (nSPS) is 14.2. The van der Waals surface area contributed by atoms with Gasteiger partial charge >= 0.3 is 12.0 Å². The van der Waals surface area contributed by atoms with E-state index in [-0.39, 0.29) is 11.4 Å². The fourth-order valence-corrected chi connectivity index (χ4v) is 4.17. The minimum absolute atomic E-state index is 0.00368. The first-order valence-electron chi connectivity index (χ1n) is 11.4. The van der Waals surface area contributed by atoms with Gasteiger partial charge in [0, 0.05) is 17.1 Å². The standard InChI is InChI=1S/C27H25FN4O5/c1-15-9-10-18(26(35)37-4)13-23(15)32-16(2)11-19(17(32)3)12-22-25(34)31(27(36)30-22)14-24(33)29-21-8-6-5-7-20(21)28/h5-13H,14H2,1-4H3,(H,29,33)(H,30,36)/b22-12+. The first-order valence-corrected chi connectivity index (χ1v) is 11.4. The van der Waals surface area contributed by atoms with Gasteiger partial charge in [-0.1, -0.05) is 18.2 Å². The monoisotopic (exact) mass is 504 g/mol. The predicted octanol–water partition coefficient (Wildman–Crippen LogP) is 3.86. The molecule has 0 radical (unpaired) electrons. The number of carbonyl (C=O) groups is 4. The molecule has 0 bridgehead atoms. The highest BCUT2D eigenvalue weighted by molar-refractivity contribution is 6.16. The number of ether oxygens (including phenoxy) is 1. The number of nitrogens with one attached hydrogen (secondary N) is 2. The van der Waals surface area contributed by atoms with Crippen LogP contribution in [0.4, 0.5) is 14.9 Å². The summed E-state index contributed by atoms with van der Waals surface area (Å²) < 4.78 is 20.6. The van der Waals surface area contributed by atoms with Crippen molar-refractivity contribution >= 4 is 35.6 Å². The molecule has 0 atom stereocenters. The van der Waals surface area contributed by atoms with Gasteiger partial charge in [-0.25, -0.2) is 18.9 Å². The molecule has 190 valence electrons. The highest BCUT2D eigenvalue weighted by Gasteiger charge is 2.35. The first-order chi connectivity index (χ1) is 17.6. The summed E-state index contributed by atoms with van der Waals surface area (Å²) in [5.74, 6) is -2.47. The number of halogens is 1. The van der Waals surface area contributed by atoms with Gasteiger partial charge in [-0.05, 0) is 68.3 Å². The van der Waals surface area contributed by atoms with Crippen LogP contribution in [-0.4, -0.2) is 46.9 Å². The van der Waals surface area contributed by atoms with E-state index in [2.05, 4.69) is 10.6 Å². The van der Waals surface area contributed by atoms with Gasteiger partial charge in [-0.3, -0.25) is 9.59 Å². The third-order valence-electron chi connectivity index (χ3n) is 6.05. The second-order valence-corrected chi connectivity index (χ2v) is 8.56. The number of carbonyl (C=O) groups excluding carboxylic acids is 4. The lowest BCUT2D eigenvalue weighted by atomic mass is 10.1. The molecular formula is C27H25FN4O5. The number of methoxy groups -OCH3 is 1. The highest BCUT2D eigenvalue weighted by Crippen LogP contribution is 2.27. The molecule has 3 aromatic rings. The number of hydrogen-bond donors (Lipinski definition) is 2. The average molecular weight is 505 g/mol. The maximum absolute atomic E-state index is 13.8. The molecule has 2 aromatic carbocycles. The molecule has 0 aliphatic carbocycles. The van der Waals surface area contributed by atoms with Crippen LogP contribution in [0.3, 0.4) is 0 Å². The third kappa shape index (κ3) is 4.99. The SMILES string of the molecule is COC(=O)c1ccc(C)c(-n2c(C)cc(/C=C3/NC(=O)N(CC(=O)Nc4ccccc4F)C3=O)c2C)c1. The van der Waals surface area contributed by atoms with Crippen molar-refractivity contribution in [1.82, 2.24) is 14.8 Å². The number of para-hydroxylation sites is 1. The van der Waals surface area contributed by atoms with Crippen LogP contribution in [0.15, 0.2) is 54.2 Å². The van der Waals surface area contributed by atoms with E-state index in [0.717, 1.165) is 27.5 Å². The number of nitrogens with zero attached hydrogens (tertiary/aromatic N) is 2. The minimum Gasteiger partial charge on any atom is -0.465 e. The summed E-state index contributed by atoms with van der Waals surface area (Å²) in [5, 5.41) is 4.85. The molecule has 0 unspecified atom stereocenters. The maximum Gasteiger partial charge on any atom is 0.337 e. The van der Waals surface area contributed by atoms with Gasteiger partial charge in [-0.15, -0.1) is 0 Å². The zero-order valence-electron chi connectivity index (χ0n) is 20.7. The van der Waals surface area contributed by atoms with Crippen LogP contribution in [0.2, 0.25) is 0 Å². The Morgan fingerprint density at radius 1 is 1.08 bits per heavy atom. The molecule has 10 heteroatoms. The highest BCUT2D eigenvalue weighted by atomic mass is 19.1. The molecule has 2 heterocycles. The van der Waals surface area contributed by atoms with Crippen molar-refractivity contribution in [3.63, 3.8) is 0 Å². The van der Waals surface area contributed by atoms with Gasteiger partial charge in [-0.2, -0.15) is 0 Å². The van der Waals surface area contributed by atoms with Crippen molar-refractivity contribution in [3.8, 4) is 5.69 Å². The Labute approximate surface area is 212 Å². The van der Waals surface area contributed by atoms with Crippen molar-refractivity contribution in [2.45, 2.75) is 20.8 Å². The van der Waals surface area contributed by atoms with E-state index in [1.165, 1.54) is 31.4 Å². The lowest BCUT2D eigenvalue weighted by Gasteiger charge is -2.14. The Hall–Kier alpha value is -4.73. The van der Waals surface area contributed by atoms with E-state index < -0.39 is 36.2 Å². The smallest absolute Gasteiger partial charge is 0.337 e. The summed E-state index contributed by atoms with van der Waals surface area (Å²) in [5.41, 5.74) is 4.33. The molecule has 1 aliphatic heterocycles. The molecule has 1 saturated heterocycles. The second kappa shape index (κ2) is 10.1. The summed E-state index contributed by atoms with van der Waals surface area (Å²) in [6, 6.07) is 11.9. The molecule has 2 N–H and O–H groups in total. The van der Waals surface area contributed by atoms with Gasteiger partial charge in [0.2, 0.25) is 5.91 Å². The molecule has 4 rings (SSSR count). The van der Waals surface area contributed by atoms with Crippen LogP contribution in [0.1, 0.15) is 32.9 Å². The zero-order valence-corrected chi connectivity index (χ0v) is 20.7. The molecule has 0 saturated carbocycles. The quantitative estimate of drug-likeness (QED) is 0.301. The molecule has 1 aliphatic rings. The molecule has 0 spiro atoms. The number of anilines is 1. The van der Waals surface area contributed by atoms with E-state index >= 15 is 0 Å². The Morgan fingerprint density at radius 2 is 1.81 bits per heavy atom. The maximum atomic E-state index is 13.8. The van der Waals surface area contributed by atoms with E-state index in [0.29, 0.717) is 11.1 Å². The van der Waals surface area contributed by atoms with Gasteiger partial charge in [0.25, 0.3) is 5.91 Å². The Balaban J connectivity index is 1.58. The lowest BCUT2D eigenvalue weighted by Crippen LogP contribution is -2.38. The number of imide groups is 1. The molecule has 4 amide bonds. The van der Waals surface area contributed by atoms with Crippen molar-refractivity contribution in [2.75, 3.05) is 19.0 Å². The number of urea groups is 1. The number of rotatable bonds is 6. The van der Waals surface area contributed by atoms with E-state index in [1.807, 2.05) is 37.5 Å². The fourth-order valence-electron chi connectivity index (χ4n) is 4.17. The van der Waals surface area contributed by atoms with Crippen molar-refractivity contribution in [3.05, 3.63) is 88.1 Å². The van der Waals surface area contributed by atoms with Gasteiger partial charge in [0.1, 0.15) is 18.1 Å². The Kier molecular flexibility index (Phi) is 6.92. The molecular weight excluding hydrogens is 479 g/mol. The van der Waals surface area contributed by atoms with Crippen LogP contribution in [0.25, 0.3) is 11.8 Å². The number of benzene rings is 2. The minimum atomic E-state index is -0.754. The van der Waals surface area contributed by atoms with Crippen LogP contribution in [0.5, 0.6) is 0 Å². The topological polar surface area (TPSA) is 110 Å². The first kappa shape index (κ1) is 25.4. The largest absolute Gasteiger partial charge is 0.465 e. The summed E-state index contributed by atoms with van der Waals surface area (Å²) in [6.07, 6.45) is 1.54. The van der Waals surface area contributed by atoms with Crippen molar-refractivity contribution in [2.24, 2.45) is 0 Å². The molecule has 1 aromatic heterocycles. The van der Waals surface area contributed by atoms with Crippen molar-refractivity contribution in [1.29, 1.82) is 0 Å². The van der Waals surface area contributed by atoms with Gasteiger partial charge in [0.05, 0.1) is 18.4 Å². The Morgan fingerprint density at radius 3 is 2.51 bits per heavy atom. The summed E-state index contributed by atoms with van der Waals surface area (Å²) in [7, 11) is 1.32. The van der Waals surface area contributed by atoms with Gasteiger partial charge < -0.3 is 19.9 Å². The van der Waals surface area contributed by atoms with Crippen LogP contribution in [-0.2, 0) is 14.3 Å². The van der Waals surface area contributed by atoms with Crippen molar-refractivity contribution < 1.29 is 28.3 Å². The summed E-state index contributed by atoms with van der Waals surface area (Å²) in [4.78, 5) is 50.5. The second-order valence-electron chi connectivity index (χ2n) is 8.56. The summed E-state index contributed by atoms with van der Waals surface area (Å²) >= 11 is 0. The van der Waals surface area contributed by atoms with Gasteiger partial charge in [0.15, 0.2) is 0 Å². The van der Waals surface area contributed by atoms with E-state index in [9.17, 15) is 23.6 Å². The average Bonchev–Trinajstić information content (AvgIpc) is 3.29. The number of hydrogen-bond acceptors (Lipinski definition) is 5. The fraction of sp³-hybridized carbons (Fsp3) is 0.185. The van der Waals surface area contributed by atoms with Crippen LogP contribution < -0.4 is 10.6 Å². The number of amides is 4. The van der Waals surface area contributed by atoms with E-state index in [4.69, 9.17) is 4.74 Å².